The van der Waals surface area contributed by atoms with E-state index in [2.05, 4.69) is 21.9 Å². The summed E-state index contributed by atoms with van der Waals surface area (Å²) in [5.74, 6) is -0.698. The van der Waals surface area contributed by atoms with E-state index in [1.807, 2.05) is 0 Å². The molecule has 0 aliphatic heterocycles. The zero-order valence-electron chi connectivity index (χ0n) is 8.89. The molecule has 0 atom stereocenters. The minimum atomic E-state index is -3.72. The fraction of sp³-hybridized carbons (Fsp3) is 0.333. The molecular weight excluding hydrogens is 265 g/mol. The lowest BCUT2D eigenvalue weighted by molar-refractivity contribution is 0.574. The molecule has 0 saturated carbocycles. The average Bonchev–Trinajstić information content (AvgIpc) is 2.24. The van der Waals surface area contributed by atoms with E-state index >= 15 is 0 Å². The Morgan fingerprint density at radius 1 is 1.53 bits per heavy atom. The number of sulfonamides is 1. The van der Waals surface area contributed by atoms with Gasteiger partial charge in [-0.1, -0.05) is 12.2 Å². The van der Waals surface area contributed by atoms with E-state index in [1.165, 1.54) is 0 Å². The van der Waals surface area contributed by atoms with Gasteiger partial charge >= 0.3 is 0 Å². The zero-order valence-corrected chi connectivity index (χ0v) is 10.5. The number of halogens is 1. The summed E-state index contributed by atoms with van der Waals surface area (Å²) in [4.78, 5) is 3.60. The number of aromatic nitrogens is 1. The van der Waals surface area contributed by atoms with E-state index in [1.54, 1.807) is 0 Å². The Bertz CT molecular complexity index is 505. The van der Waals surface area contributed by atoms with E-state index in [4.69, 9.17) is 5.73 Å². The molecule has 0 bridgehead atoms. The van der Waals surface area contributed by atoms with Crippen molar-refractivity contribution in [2.75, 3.05) is 6.54 Å². The number of rotatable bonds is 6. The number of nitrogens with two attached hydrogens (primary N) is 1. The van der Waals surface area contributed by atoms with E-state index in [9.17, 15) is 12.8 Å². The van der Waals surface area contributed by atoms with Gasteiger partial charge in [0, 0.05) is 12.7 Å². The van der Waals surface area contributed by atoms with Crippen LogP contribution in [0.3, 0.4) is 0 Å². The number of nitrogens with zero attached hydrogens (tertiary/aromatic N) is 1. The molecule has 1 aromatic rings. The van der Waals surface area contributed by atoms with Crippen LogP contribution in [0.5, 0.6) is 0 Å². The number of nitrogens with one attached hydrogen (secondary N) is 1. The normalized spacial score (nSPS) is 11.4. The van der Waals surface area contributed by atoms with Crippen LogP contribution in [0.2, 0.25) is 0 Å². The maximum Gasteiger partial charge on any atom is 0.242 e. The maximum atomic E-state index is 12.8. The first kappa shape index (κ1) is 13.9. The molecule has 0 radical (unpaired) electrons. The molecular formula is C9H12FN3O2S2. The van der Waals surface area contributed by atoms with Crippen molar-refractivity contribution in [1.82, 2.24) is 9.71 Å². The Labute approximate surface area is 104 Å². The number of hydrogen-bond acceptors (Lipinski definition) is 4. The largest absolute Gasteiger partial charge is 0.393 e. The van der Waals surface area contributed by atoms with Crippen LogP contribution in [0.25, 0.3) is 0 Å². The lowest BCUT2D eigenvalue weighted by atomic mass is 10.3. The highest BCUT2D eigenvalue weighted by Gasteiger charge is 2.14. The SMILES string of the molecule is NC(=S)CCCNS(=O)(=O)c1cncc(F)c1. The standard InChI is InChI=1S/C9H12FN3O2S2/c10-7-4-8(6-12-5-7)17(14,15)13-3-1-2-9(11)16/h4-6,13H,1-3H2,(H2,11,16). The molecule has 0 unspecified atom stereocenters. The predicted molar refractivity (Wildman–Crippen MR) is 65.4 cm³/mol. The van der Waals surface area contributed by atoms with E-state index in [-0.39, 0.29) is 11.4 Å². The van der Waals surface area contributed by atoms with Crippen LogP contribution >= 0.6 is 12.2 Å². The quantitative estimate of drug-likeness (QED) is 0.586. The van der Waals surface area contributed by atoms with Crippen molar-refractivity contribution in [3.63, 3.8) is 0 Å². The van der Waals surface area contributed by atoms with Gasteiger partial charge in [0.15, 0.2) is 0 Å². The molecule has 8 heteroatoms. The average molecular weight is 277 g/mol. The van der Waals surface area contributed by atoms with E-state index in [0.717, 1.165) is 18.5 Å². The number of pyridine rings is 1. The molecule has 0 aromatic carbocycles. The smallest absolute Gasteiger partial charge is 0.242 e. The predicted octanol–water partition coefficient (Wildman–Crippen LogP) is 0.565. The van der Waals surface area contributed by atoms with Crippen LogP contribution < -0.4 is 10.5 Å². The Balaban J connectivity index is 2.60. The molecule has 1 heterocycles. The Morgan fingerprint density at radius 3 is 2.82 bits per heavy atom. The monoisotopic (exact) mass is 277 g/mol. The first-order valence-corrected chi connectivity index (χ1v) is 6.69. The minimum absolute atomic E-state index is 0.191. The Kier molecular flexibility index (Phi) is 4.91. The number of thiocarbonyl (C=S) groups is 1. The van der Waals surface area contributed by atoms with Gasteiger partial charge in [-0.25, -0.2) is 17.5 Å². The lowest BCUT2D eigenvalue weighted by Crippen LogP contribution is -2.25. The molecule has 0 aliphatic carbocycles. The Morgan fingerprint density at radius 2 is 2.24 bits per heavy atom. The molecule has 0 spiro atoms. The molecule has 1 aromatic heterocycles. The third-order valence-corrected chi connectivity index (χ3v) is 3.51. The van der Waals surface area contributed by atoms with Gasteiger partial charge in [0.05, 0.1) is 11.2 Å². The van der Waals surface area contributed by atoms with Crippen molar-refractivity contribution in [2.24, 2.45) is 5.73 Å². The van der Waals surface area contributed by atoms with Crippen LogP contribution in [-0.4, -0.2) is 24.9 Å². The lowest BCUT2D eigenvalue weighted by Gasteiger charge is -2.05. The summed E-state index contributed by atoms with van der Waals surface area (Å²) in [5, 5.41) is 0. The molecule has 0 saturated heterocycles. The molecule has 0 aliphatic rings. The highest BCUT2D eigenvalue weighted by atomic mass is 32.2. The van der Waals surface area contributed by atoms with Gasteiger partial charge in [-0.2, -0.15) is 0 Å². The second-order valence-corrected chi connectivity index (χ2v) is 5.60. The molecule has 3 N–H and O–H groups in total. The molecule has 1 rings (SSSR count). The highest BCUT2D eigenvalue weighted by molar-refractivity contribution is 7.89. The minimum Gasteiger partial charge on any atom is -0.393 e. The number of hydrogen-bond donors (Lipinski definition) is 2. The third kappa shape index (κ3) is 4.72. The van der Waals surface area contributed by atoms with Gasteiger partial charge in [-0.05, 0) is 18.9 Å². The van der Waals surface area contributed by atoms with Gasteiger partial charge in [-0.3, -0.25) is 4.98 Å². The summed E-state index contributed by atoms with van der Waals surface area (Å²) in [6.45, 7) is 0.191. The first-order valence-electron chi connectivity index (χ1n) is 4.80. The summed E-state index contributed by atoms with van der Waals surface area (Å²) in [6.07, 6.45) is 2.97. The van der Waals surface area contributed by atoms with Gasteiger partial charge in [0.1, 0.15) is 10.7 Å². The summed E-state index contributed by atoms with van der Waals surface area (Å²) in [5.41, 5.74) is 5.27. The second kappa shape index (κ2) is 5.99. The highest BCUT2D eigenvalue weighted by Crippen LogP contribution is 2.08. The molecule has 94 valence electrons. The fourth-order valence-electron chi connectivity index (χ4n) is 1.09. The van der Waals surface area contributed by atoms with Crippen molar-refractivity contribution in [1.29, 1.82) is 0 Å². The van der Waals surface area contributed by atoms with E-state index < -0.39 is 15.8 Å². The topological polar surface area (TPSA) is 85.1 Å². The van der Waals surface area contributed by atoms with Crippen LogP contribution in [0, 0.1) is 5.82 Å². The molecule has 0 amide bonds. The second-order valence-electron chi connectivity index (χ2n) is 3.31. The molecule has 5 nitrogen and oxygen atoms in total. The van der Waals surface area contributed by atoms with Crippen molar-refractivity contribution in [2.45, 2.75) is 17.7 Å². The summed E-state index contributed by atoms with van der Waals surface area (Å²) in [6, 6.07) is 0.906. The van der Waals surface area contributed by atoms with Crippen molar-refractivity contribution < 1.29 is 12.8 Å². The zero-order chi connectivity index (χ0) is 12.9. The third-order valence-electron chi connectivity index (χ3n) is 1.88. The van der Waals surface area contributed by atoms with Crippen LogP contribution in [0.4, 0.5) is 4.39 Å². The first-order chi connectivity index (χ1) is 7.92. The van der Waals surface area contributed by atoms with Crippen molar-refractivity contribution >= 4 is 27.2 Å². The van der Waals surface area contributed by atoms with Crippen LogP contribution in [0.15, 0.2) is 23.4 Å². The molecule has 0 fully saturated rings. The van der Waals surface area contributed by atoms with Gasteiger partial charge in [0.2, 0.25) is 10.0 Å². The Hall–Kier alpha value is -1.12. The van der Waals surface area contributed by atoms with Gasteiger partial charge in [-0.15, -0.1) is 0 Å². The van der Waals surface area contributed by atoms with Crippen LogP contribution in [0.1, 0.15) is 12.8 Å². The van der Waals surface area contributed by atoms with Gasteiger partial charge in [0.25, 0.3) is 0 Å². The molecule has 17 heavy (non-hydrogen) atoms. The maximum absolute atomic E-state index is 12.8. The van der Waals surface area contributed by atoms with Crippen molar-refractivity contribution in [3.8, 4) is 0 Å². The summed E-state index contributed by atoms with van der Waals surface area (Å²) < 4.78 is 38.4. The summed E-state index contributed by atoms with van der Waals surface area (Å²) >= 11 is 4.65. The van der Waals surface area contributed by atoms with Crippen molar-refractivity contribution in [3.05, 3.63) is 24.3 Å². The van der Waals surface area contributed by atoms with E-state index in [0.29, 0.717) is 17.8 Å². The van der Waals surface area contributed by atoms with Gasteiger partial charge < -0.3 is 5.73 Å². The fourth-order valence-corrected chi connectivity index (χ4v) is 2.28. The summed E-state index contributed by atoms with van der Waals surface area (Å²) in [7, 11) is -3.72. The van der Waals surface area contributed by atoms with Crippen LogP contribution in [-0.2, 0) is 10.0 Å².